The molecule has 1 amide bonds. The van der Waals surface area contributed by atoms with Crippen molar-refractivity contribution in [3.8, 4) is 22.6 Å². The molecule has 0 unspecified atom stereocenters. The molecule has 8 heteroatoms. The molecule has 114 valence electrons. The highest BCUT2D eigenvalue weighted by atomic mass is 32.1. The first-order valence-corrected chi connectivity index (χ1v) is 7.73. The SMILES string of the molecule is Cn1ccc(-c2[nH]c(C(N)=O)nc2-c2ccc3ncsc3c2)n1. The summed E-state index contributed by atoms with van der Waals surface area (Å²) in [5, 5.41) is 4.38. The van der Waals surface area contributed by atoms with Gasteiger partial charge in [-0.1, -0.05) is 6.07 Å². The number of hydrogen-bond acceptors (Lipinski definition) is 5. The van der Waals surface area contributed by atoms with E-state index in [1.165, 1.54) is 0 Å². The van der Waals surface area contributed by atoms with Gasteiger partial charge in [0.2, 0.25) is 0 Å². The molecule has 7 nitrogen and oxygen atoms in total. The van der Waals surface area contributed by atoms with Crippen LogP contribution in [0.3, 0.4) is 0 Å². The number of fused-ring (bicyclic) bond motifs is 1. The van der Waals surface area contributed by atoms with E-state index < -0.39 is 5.91 Å². The number of aryl methyl sites for hydroxylation is 1. The van der Waals surface area contributed by atoms with Gasteiger partial charge in [-0.3, -0.25) is 9.48 Å². The van der Waals surface area contributed by atoms with Crippen molar-refractivity contribution in [3.05, 3.63) is 41.8 Å². The minimum atomic E-state index is -0.604. The van der Waals surface area contributed by atoms with Gasteiger partial charge in [0.15, 0.2) is 5.82 Å². The Hall–Kier alpha value is -3.00. The predicted octanol–water partition coefficient (Wildman–Crippen LogP) is 2.19. The maximum atomic E-state index is 11.5. The van der Waals surface area contributed by atoms with Crippen LogP contribution in [0.2, 0.25) is 0 Å². The molecule has 0 saturated heterocycles. The van der Waals surface area contributed by atoms with Crippen LogP contribution < -0.4 is 5.73 Å². The van der Waals surface area contributed by atoms with E-state index in [2.05, 4.69) is 20.1 Å². The summed E-state index contributed by atoms with van der Waals surface area (Å²) in [7, 11) is 1.83. The van der Waals surface area contributed by atoms with E-state index in [0.29, 0.717) is 17.1 Å². The standard InChI is InChI=1S/C15H12N6OS/c1-21-5-4-10(20-21)13-12(18-15(19-13)14(16)22)8-2-3-9-11(6-8)23-7-17-9/h2-7H,1H3,(H2,16,22)(H,18,19). The lowest BCUT2D eigenvalue weighted by Gasteiger charge is -2.00. The van der Waals surface area contributed by atoms with Crippen LogP contribution in [0.25, 0.3) is 32.9 Å². The third-order valence-corrected chi connectivity index (χ3v) is 4.30. The number of aromatic amines is 1. The van der Waals surface area contributed by atoms with Gasteiger partial charge in [0.05, 0.1) is 27.1 Å². The molecule has 0 aliphatic rings. The molecule has 0 fully saturated rings. The first-order valence-electron chi connectivity index (χ1n) is 6.85. The summed E-state index contributed by atoms with van der Waals surface area (Å²) in [6.07, 6.45) is 1.83. The van der Waals surface area contributed by atoms with Crippen molar-refractivity contribution in [3.63, 3.8) is 0 Å². The summed E-state index contributed by atoms with van der Waals surface area (Å²) in [5.41, 5.74) is 11.0. The number of nitrogens with zero attached hydrogens (tertiary/aromatic N) is 4. The third kappa shape index (κ3) is 2.29. The van der Waals surface area contributed by atoms with Gasteiger partial charge in [-0.25, -0.2) is 9.97 Å². The van der Waals surface area contributed by atoms with E-state index in [-0.39, 0.29) is 5.82 Å². The van der Waals surface area contributed by atoms with E-state index in [9.17, 15) is 4.79 Å². The molecule has 0 radical (unpaired) electrons. The lowest BCUT2D eigenvalue weighted by atomic mass is 10.1. The number of primary amides is 1. The highest BCUT2D eigenvalue weighted by Gasteiger charge is 2.18. The molecule has 3 heterocycles. The summed E-state index contributed by atoms with van der Waals surface area (Å²) in [6, 6.07) is 7.71. The van der Waals surface area contributed by atoms with Crippen molar-refractivity contribution in [2.45, 2.75) is 0 Å². The molecular weight excluding hydrogens is 312 g/mol. The van der Waals surface area contributed by atoms with Crippen molar-refractivity contribution >= 4 is 27.5 Å². The fraction of sp³-hybridized carbons (Fsp3) is 0.0667. The molecule has 0 spiro atoms. The van der Waals surface area contributed by atoms with Crippen LogP contribution in [0, 0.1) is 0 Å². The minimum Gasteiger partial charge on any atom is -0.363 e. The summed E-state index contributed by atoms with van der Waals surface area (Å²) in [5.74, 6) is -0.489. The summed E-state index contributed by atoms with van der Waals surface area (Å²) < 4.78 is 2.74. The summed E-state index contributed by atoms with van der Waals surface area (Å²) in [6.45, 7) is 0. The number of nitrogens with one attached hydrogen (secondary N) is 1. The second-order valence-corrected chi connectivity index (χ2v) is 5.97. The van der Waals surface area contributed by atoms with Crippen molar-refractivity contribution in [2.75, 3.05) is 0 Å². The predicted molar refractivity (Wildman–Crippen MR) is 87.9 cm³/mol. The van der Waals surface area contributed by atoms with Crippen LogP contribution in [0.5, 0.6) is 0 Å². The van der Waals surface area contributed by atoms with E-state index in [4.69, 9.17) is 5.73 Å². The first-order chi connectivity index (χ1) is 11.1. The number of benzene rings is 1. The molecule has 0 aliphatic carbocycles. The van der Waals surface area contributed by atoms with Crippen molar-refractivity contribution < 1.29 is 4.79 Å². The van der Waals surface area contributed by atoms with Gasteiger partial charge < -0.3 is 10.7 Å². The number of nitrogens with two attached hydrogens (primary N) is 1. The van der Waals surface area contributed by atoms with Crippen molar-refractivity contribution in [1.82, 2.24) is 24.7 Å². The fourth-order valence-corrected chi connectivity index (χ4v) is 3.15. The molecule has 0 atom stereocenters. The van der Waals surface area contributed by atoms with Gasteiger partial charge in [-0.15, -0.1) is 11.3 Å². The monoisotopic (exact) mass is 324 g/mol. The number of rotatable bonds is 3. The molecular formula is C15H12N6OS. The van der Waals surface area contributed by atoms with E-state index in [0.717, 1.165) is 15.8 Å². The van der Waals surface area contributed by atoms with Crippen LogP contribution in [0.15, 0.2) is 36.0 Å². The molecule has 1 aromatic carbocycles. The molecule has 0 bridgehead atoms. The molecule has 23 heavy (non-hydrogen) atoms. The zero-order valence-electron chi connectivity index (χ0n) is 12.1. The second-order valence-electron chi connectivity index (χ2n) is 5.08. The van der Waals surface area contributed by atoms with Crippen LogP contribution in [-0.4, -0.2) is 30.6 Å². The minimum absolute atomic E-state index is 0.116. The topological polar surface area (TPSA) is 102 Å². The maximum Gasteiger partial charge on any atom is 0.284 e. The molecule has 0 aliphatic heterocycles. The highest BCUT2D eigenvalue weighted by molar-refractivity contribution is 7.16. The zero-order valence-corrected chi connectivity index (χ0v) is 13.0. The Morgan fingerprint density at radius 2 is 2.22 bits per heavy atom. The quantitative estimate of drug-likeness (QED) is 0.603. The number of imidazole rings is 1. The smallest absolute Gasteiger partial charge is 0.284 e. The number of H-pyrrole nitrogens is 1. The number of amides is 1. The van der Waals surface area contributed by atoms with Crippen molar-refractivity contribution in [1.29, 1.82) is 0 Å². The number of hydrogen-bond donors (Lipinski definition) is 2. The molecule has 3 N–H and O–H groups in total. The number of carbonyl (C=O) groups is 1. The zero-order chi connectivity index (χ0) is 16.0. The Kier molecular flexibility index (Phi) is 2.98. The van der Waals surface area contributed by atoms with Gasteiger partial charge >= 0.3 is 0 Å². The molecule has 0 saturated carbocycles. The molecule has 3 aromatic heterocycles. The third-order valence-electron chi connectivity index (χ3n) is 3.51. The van der Waals surface area contributed by atoms with Gasteiger partial charge in [0.1, 0.15) is 5.69 Å². The van der Waals surface area contributed by atoms with Crippen LogP contribution in [0.1, 0.15) is 10.6 Å². The second kappa shape index (κ2) is 5.03. The van der Waals surface area contributed by atoms with Crippen LogP contribution in [0.4, 0.5) is 0 Å². The van der Waals surface area contributed by atoms with E-state index in [1.807, 2.05) is 37.5 Å². The fourth-order valence-electron chi connectivity index (χ4n) is 2.43. The van der Waals surface area contributed by atoms with E-state index in [1.54, 1.807) is 21.5 Å². The Morgan fingerprint density at radius 1 is 1.35 bits per heavy atom. The molecule has 4 rings (SSSR count). The number of carbonyl (C=O) groups excluding carboxylic acids is 1. The Labute approximate surface area is 134 Å². The Balaban J connectivity index is 1.93. The van der Waals surface area contributed by atoms with Gasteiger partial charge in [-0.2, -0.15) is 5.10 Å². The van der Waals surface area contributed by atoms with Crippen LogP contribution in [-0.2, 0) is 7.05 Å². The van der Waals surface area contributed by atoms with Gasteiger partial charge in [-0.05, 0) is 18.2 Å². The average molecular weight is 324 g/mol. The number of thiazole rings is 1. The van der Waals surface area contributed by atoms with Crippen LogP contribution >= 0.6 is 11.3 Å². The first kappa shape index (κ1) is 13.6. The highest BCUT2D eigenvalue weighted by Crippen LogP contribution is 2.31. The van der Waals surface area contributed by atoms with Crippen molar-refractivity contribution in [2.24, 2.45) is 12.8 Å². The largest absolute Gasteiger partial charge is 0.363 e. The van der Waals surface area contributed by atoms with Gasteiger partial charge in [0, 0.05) is 18.8 Å². The molecule has 4 aromatic rings. The summed E-state index contributed by atoms with van der Waals surface area (Å²) in [4.78, 5) is 23.1. The Bertz CT molecular complexity index is 1030. The normalized spacial score (nSPS) is 11.2. The Morgan fingerprint density at radius 3 is 2.96 bits per heavy atom. The lowest BCUT2D eigenvalue weighted by molar-refractivity contribution is 0.0991. The average Bonchev–Trinajstić information content (AvgIpc) is 3.24. The lowest BCUT2D eigenvalue weighted by Crippen LogP contribution is -2.12. The van der Waals surface area contributed by atoms with E-state index >= 15 is 0 Å². The number of aromatic nitrogens is 5. The van der Waals surface area contributed by atoms with Gasteiger partial charge in [0.25, 0.3) is 5.91 Å². The maximum absolute atomic E-state index is 11.5. The summed E-state index contributed by atoms with van der Waals surface area (Å²) >= 11 is 1.55.